The van der Waals surface area contributed by atoms with Gasteiger partial charge in [0, 0.05) is 95.8 Å². The van der Waals surface area contributed by atoms with Crippen LogP contribution in [-0.4, -0.2) is 19.1 Å². The van der Waals surface area contributed by atoms with Gasteiger partial charge in [0.05, 0.1) is 33.1 Å². The Bertz CT molecular complexity index is 4500. The predicted octanol–water partition coefficient (Wildman–Crippen LogP) is 19.6. The van der Waals surface area contributed by atoms with Crippen LogP contribution in [0.5, 0.6) is 0 Å². The second kappa shape index (κ2) is 18.9. The number of nitrogens with zero attached hydrogens (tertiary/aromatic N) is 6. The van der Waals surface area contributed by atoms with Gasteiger partial charge in [-0.15, -0.1) is 0 Å². The highest BCUT2D eigenvalue weighted by molar-refractivity contribution is 6.13. The van der Waals surface area contributed by atoms with Gasteiger partial charge in [-0.1, -0.05) is 146 Å². The average Bonchev–Trinajstić information content (AvgIpc) is 4.19. The summed E-state index contributed by atoms with van der Waals surface area (Å²) in [4.78, 5) is 14.4. The van der Waals surface area contributed by atoms with Crippen molar-refractivity contribution in [1.29, 1.82) is 0 Å². The van der Waals surface area contributed by atoms with Gasteiger partial charge in [-0.25, -0.2) is 0 Å². The summed E-state index contributed by atoms with van der Waals surface area (Å²) in [5.41, 5.74) is 20.7. The van der Waals surface area contributed by atoms with Crippen LogP contribution < -0.4 is 9.80 Å². The van der Waals surface area contributed by atoms with E-state index in [1.807, 2.05) is 18.5 Å². The van der Waals surface area contributed by atoms with Crippen molar-refractivity contribution in [3.8, 4) is 33.6 Å². The van der Waals surface area contributed by atoms with Gasteiger partial charge in [0.25, 0.3) is 0 Å². The maximum Gasteiger partial charge on any atom is 0.0964 e. The van der Waals surface area contributed by atoms with Crippen LogP contribution in [0.3, 0.4) is 0 Å². The number of pyridine rings is 2. The first kappa shape index (κ1) is 45.8. The highest BCUT2D eigenvalue weighted by atomic mass is 15.1. The van der Waals surface area contributed by atoms with E-state index in [0.717, 1.165) is 112 Å². The molecule has 15 rings (SSSR count). The van der Waals surface area contributed by atoms with Crippen LogP contribution in [0.1, 0.15) is 5.56 Å². The molecule has 0 radical (unpaired) electrons. The van der Waals surface area contributed by atoms with Gasteiger partial charge in [-0.2, -0.15) is 0 Å². The minimum absolute atomic E-state index is 0.913. The number of para-hydroxylation sites is 6. The zero-order valence-electron chi connectivity index (χ0n) is 43.3. The Labute approximate surface area is 457 Å². The monoisotopic (exact) mass is 1010 g/mol. The lowest BCUT2D eigenvalue weighted by molar-refractivity contribution is 1.13. The lowest BCUT2D eigenvalue weighted by Gasteiger charge is -2.25. The quantitative estimate of drug-likeness (QED) is 0.128. The molecule has 15 aromatic rings. The van der Waals surface area contributed by atoms with Gasteiger partial charge in [0.1, 0.15) is 0 Å². The SMILES string of the molecule is Cc1cc(-c2cnc3c(ccc4cccnc43)c2)ccc1-c1cc(-n2c3ccccc3c3cc(N(c4ccccc4)c4ccccc4)ccc32)cc(-n2c3ccccc3c3cc(N(c4ccccc4)c4ccccc4)ccc32)c1. The highest BCUT2D eigenvalue weighted by Crippen LogP contribution is 2.44. The molecule has 0 fully saturated rings. The number of rotatable bonds is 10. The number of benzene rings is 11. The van der Waals surface area contributed by atoms with E-state index in [9.17, 15) is 0 Å². The fraction of sp³-hybridized carbons (Fsp3) is 0.0137. The molecule has 0 aliphatic heterocycles. The van der Waals surface area contributed by atoms with E-state index in [1.165, 1.54) is 27.1 Å². The first-order chi connectivity index (χ1) is 39.1. The second-order valence-electron chi connectivity index (χ2n) is 20.3. The molecule has 4 heterocycles. The van der Waals surface area contributed by atoms with Crippen LogP contribution in [0, 0.1) is 6.92 Å². The molecule has 0 saturated heterocycles. The molecule has 0 N–H and O–H groups in total. The lowest BCUT2D eigenvalue weighted by atomic mass is 9.95. The molecular formula is C73H50N6. The minimum atomic E-state index is 0.913. The summed E-state index contributed by atoms with van der Waals surface area (Å²) in [7, 11) is 0. The van der Waals surface area contributed by atoms with Crippen molar-refractivity contribution < 1.29 is 0 Å². The number of aryl methyl sites for hydroxylation is 1. The summed E-state index contributed by atoms with van der Waals surface area (Å²) >= 11 is 0. The van der Waals surface area contributed by atoms with Crippen LogP contribution in [0.2, 0.25) is 0 Å². The molecule has 0 bridgehead atoms. The summed E-state index contributed by atoms with van der Waals surface area (Å²) in [6, 6.07) is 98.7. The Morgan fingerprint density at radius 1 is 0.304 bits per heavy atom. The lowest BCUT2D eigenvalue weighted by Crippen LogP contribution is -2.09. The molecule has 0 spiro atoms. The Balaban J connectivity index is 0.938. The minimum Gasteiger partial charge on any atom is -0.310 e. The molecular weight excluding hydrogens is 961 g/mol. The Morgan fingerprint density at radius 2 is 0.772 bits per heavy atom. The molecule has 0 saturated carbocycles. The number of hydrogen-bond acceptors (Lipinski definition) is 4. The molecule has 372 valence electrons. The van der Waals surface area contributed by atoms with E-state index >= 15 is 0 Å². The van der Waals surface area contributed by atoms with Gasteiger partial charge in [0.2, 0.25) is 0 Å². The molecule has 0 aliphatic carbocycles. The zero-order chi connectivity index (χ0) is 52.4. The number of hydrogen-bond donors (Lipinski definition) is 0. The third-order valence-corrected chi connectivity index (χ3v) is 15.6. The van der Waals surface area contributed by atoms with Crippen LogP contribution >= 0.6 is 0 Å². The van der Waals surface area contributed by atoms with Crippen LogP contribution in [0.15, 0.2) is 285 Å². The Hall–Kier alpha value is -10.6. The molecule has 79 heavy (non-hydrogen) atoms. The van der Waals surface area contributed by atoms with Gasteiger partial charge in [-0.05, 0) is 157 Å². The van der Waals surface area contributed by atoms with Gasteiger partial charge in [-0.3, -0.25) is 9.97 Å². The van der Waals surface area contributed by atoms with Crippen molar-refractivity contribution in [2.75, 3.05) is 9.80 Å². The topological polar surface area (TPSA) is 42.1 Å². The van der Waals surface area contributed by atoms with E-state index in [0.29, 0.717) is 0 Å². The molecule has 11 aromatic carbocycles. The van der Waals surface area contributed by atoms with E-state index in [2.05, 4.69) is 298 Å². The normalized spacial score (nSPS) is 11.6. The van der Waals surface area contributed by atoms with Crippen molar-refractivity contribution in [2.24, 2.45) is 0 Å². The van der Waals surface area contributed by atoms with Crippen LogP contribution in [-0.2, 0) is 0 Å². The van der Waals surface area contributed by atoms with Crippen molar-refractivity contribution >= 4 is 99.5 Å². The maximum absolute atomic E-state index is 4.99. The first-order valence-corrected chi connectivity index (χ1v) is 26.9. The van der Waals surface area contributed by atoms with Crippen LogP contribution in [0.4, 0.5) is 34.1 Å². The van der Waals surface area contributed by atoms with Gasteiger partial charge < -0.3 is 18.9 Å². The molecule has 0 aliphatic rings. The summed E-state index contributed by atoms with van der Waals surface area (Å²) in [6.45, 7) is 2.23. The Kier molecular flexibility index (Phi) is 11.0. The van der Waals surface area contributed by atoms with Crippen molar-refractivity contribution in [3.05, 3.63) is 291 Å². The summed E-state index contributed by atoms with van der Waals surface area (Å²) in [5, 5.41) is 6.88. The van der Waals surface area contributed by atoms with E-state index in [4.69, 9.17) is 4.98 Å². The fourth-order valence-corrected chi connectivity index (χ4v) is 12.0. The van der Waals surface area contributed by atoms with E-state index in [1.54, 1.807) is 0 Å². The number of anilines is 6. The molecule has 0 unspecified atom stereocenters. The average molecular weight is 1010 g/mol. The Morgan fingerprint density at radius 3 is 1.29 bits per heavy atom. The van der Waals surface area contributed by atoms with Crippen LogP contribution in [0.25, 0.3) is 99.0 Å². The van der Waals surface area contributed by atoms with E-state index in [-0.39, 0.29) is 0 Å². The molecule has 6 nitrogen and oxygen atoms in total. The third-order valence-electron chi connectivity index (χ3n) is 15.6. The van der Waals surface area contributed by atoms with Gasteiger partial charge in [0.15, 0.2) is 0 Å². The molecule has 0 amide bonds. The smallest absolute Gasteiger partial charge is 0.0964 e. The molecule has 6 heteroatoms. The predicted molar refractivity (Wildman–Crippen MR) is 331 cm³/mol. The van der Waals surface area contributed by atoms with Crippen molar-refractivity contribution in [1.82, 2.24) is 19.1 Å². The molecule has 0 atom stereocenters. The largest absolute Gasteiger partial charge is 0.310 e. The standard InChI is InChI=1S/C73H50N6/c1-49-41-51(54-42-52-33-32-50-19-18-40-74-72(50)73(52)75-48-54)34-37-63(49)53-43-61(78-68-30-16-14-28-64(68)66-46-59(35-38-70(66)78)76(55-20-6-2-7-21-55)56-22-8-3-9-23-56)45-62(44-53)79-69-31-17-15-29-65(69)67-47-60(36-39-71(67)79)77(57-24-10-4-11-25-57)58-26-12-5-13-27-58/h2-48H,1H3. The fourth-order valence-electron chi connectivity index (χ4n) is 12.0. The highest BCUT2D eigenvalue weighted by Gasteiger charge is 2.22. The third kappa shape index (κ3) is 7.88. The van der Waals surface area contributed by atoms with Gasteiger partial charge >= 0.3 is 0 Å². The summed E-state index contributed by atoms with van der Waals surface area (Å²) in [5.74, 6) is 0. The number of fused-ring (bicyclic) bond motifs is 9. The van der Waals surface area contributed by atoms with Crippen molar-refractivity contribution in [3.63, 3.8) is 0 Å². The summed E-state index contributed by atoms with van der Waals surface area (Å²) < 4.78 is 4.92. The summed E-state index contributed by atoms with van der Waals surface area (Å²) in [6.07, 6.45) is 3.83. The molecule has 4 aromatic heterocycles. The maximum atomic E-state index is 4.99. The zero-order valence-corrected chi connectivity index (χ0v) is 43.3. The number of aromatic nitrogens is 4. The second-order valence-corrected chi connectivity index (χ2v) is 20.3. The van der Waals surface area contributed by atoms with Crippen molar-refractivity contribution in [2.45, 2.75) is 6.92 Å². The van der Waals surface area contributed by atoms with E-state index < -0.39 is 0 Å². The first-order valence-electron chi connectivity index (χ1n) is 26.9.